The molecule has 0 N–H and O–H groups in total. The zero-order valence-electron chi connectivity index (χ0n) is 18.4. The topological polar surface area (TPSA) is 105 Å². The Morgan fingerprint density at radius 3 is 2.68 bits per heavy atom. The molecule has 5 aromatic rings. The molecule has 0 saturated carbocycles. The molecule has 0 aliphatic rings. The van der Waals surface area contributed by atoms with Crippen LogP contribution in [-0.4, -0.2) is 33.9 Å². The zero-order chi connectivity index (χ0) is 23.5. The summed E-state index contributed by atoms with van der Waals surface area (Å²) in [5.41, 5.74) is 1.13. The Morgan fingerprint density at radius 2 is 1.88 bits per heavy atom. The summed E-state index contributed by atoms with van der Waals surface area (Å²) in [4.78, 5) is 22.4. The normalized spacial score (nSPS) is 11.1. The lowest BCUT2D eigenvalue weighted by Crippen LogP contribution is -2.23. The molecule has 3 heterocycles. The van der Waals surface area contributed by atoms with Crippen LogP contribution in [0.15, 0.2) is 79.8 Å². The van der Waals surface area contributed by atoms with E-state index in [0.717, 1.165) is 0 Å². The van der Waals surface area contributed by atoms with Crippen LogP contribution in [-0.2, 0) is 12.3 Å². The summed E-state index contributed by atoms with van der Waals surface area (Å²) in [6.45, 7) is 0.266. The third-order valence-corrected chi connectivity index (χ3v) is 6.12. The fourth-order valence-electron chi connectivity index (χ4n) is 3.57. The highest BCUT2D eigenvalue weighted by Crippen LogP contribution is 2.36. The first-order valence-electron chi connectivity index (χ1n) is 10.4. The molecule has 0 spiro atoms. The Labute approximate surface area is 198 Å². The van der Waals surface area contributed by atoms with Crippen LogP contribution in [0, 0.1) is 0 Å². The van der Waals surface area contributed by atoms with Gasteiger partial charge < -0.3 is 18.4 Å². The number of rotatable bonds is 8. The Morgan fingerprint density at radius 1 is 1.00 bits per heavy atom. The molecule has 0 bridgehead atoms. The zero-order valence-corrected chi connectivity index (χ0v) is 19.2. The third-order valence-electron chi connectivity index (χ3n) is 5.16. The molecule has 0 unspecified atom stereocenters. The van der Waals surface area contributed by atoms with E-state index in [2.05, 4.69) is 10.1 Å². The molecule has 0 amide bonds. The van der Waals surface area contributed by atoms with Gasteiger partial charge in [-0.3, -0.25) is 9.36 Å². The van der Waals surface area contributed by atoms with Gasteiger partial charge in [-0.25, -0.2) is 4.98 Å². The van der Waals surface area contributed by atoms with Gasteiger partial charge in [-0.05, 0) is 36.4 Å². The number of aromatic nitrogens is 4. The predicted molar refractivity (Wildman–Crippen MR) is 126 cm³/mol. The molecule has 0 aliphatic carbocycles. The largest absolute Gasteiger partial charge is 0.493 e. The van der Waals surface area contributed by atoms with Crippen LogP contribution in [0.4, 0.5) is 0 Å². The van der Waals surface area contributed by atoms with Crippen molar-refractivity contribution in [3.8, 4) is 22.9 Å². The van der Waals surface area contributed by atoms with Crippen molar-refractivity contribution in [1.29, 1.82) is 0 Å². The van der Waals surface area contributed by atoms with Crippen molar-refractivity contribution < 1.29 is 18.4 Å². The van der Waals surface area contributed by atoms with Gasteiger partial charge in [-0.1, -0.05) is 35.1 Å². The molecule has 172 valence electrons. The smallest absolute Gasteiger partial charge is 0.262 e. The third kappa shape index (κ3) is 4.15. The van der Waals surface area contributed by atoms with Crippen LogP contribution < -0.4 is 15.0 Å². The van der Waals surface area contributed by atoms with Crippen molar-refractivity contribution in [2.24, 2.45) is 0 Å². The van der Waals surface area contributed by atoms with E-state index in [0.29, 0.717) is 56.4 Å². The summed E-state index contributed by atoms with van der Waals surface area (Å²) >= 11 is 1.34. The minimum Gasteiger partial charge on any atom is -0.493 e. The first kappa shape index (κ1) is 21.8. The number of furan rings is 1. The molecule has 0 fully saturated rings. The van der Waals surface area contributed by atoms with Gasteiger partial charge in [0.1, 0.15) is 5.76 Å². The lowest BCUT2D eigenvalue weighted by molar-refractivity contribution is 0.355. The van der Waals surface area contributed by atoms with Crippen molar-refractivity contribution in [2.45, 2.75) is 17.5 Å². The summed E-state index contributed by atoms with van der Waals surface area (Å²) < 4.78 is 23.3. The predicted octanol–water partition coefficient (Wildman–Crippen LogP) is 4.40. The van der Waals surface area contributed by atoms with Crippen LogP contribution in [0.1, 0.15) is 11.7 Å². The Balaban J connectivity index is 1.45. The minimum atomic E-state index is -0.142. The van der Waals surface area contributed by atoms with E-state index >= 15 is 0 Å². The molecule has 34 heavy (non-hydrogen) atoms. The number of ether oxygens (including phenoxy) is 2. The van der Waals surface area contributed by atoms with Crippen LogP contribution in [0.5, 0.6) is 11.5 Å². The average molecular weight is 477 g/mol. The fraction of sp³-hybridized carbons (Fsp3) is 0.167. The van der Waals surface area contributed by atoms with Crippen molar-refractivity contribution in [3.05, 3.63) is 82.9 Å². The van der Waals surface area contributed by atoms with E-state index in [1.165, 1.54) is 11.8 Å². The second-order valence-electron chi connectivity index (χ2n) is 7.22. The van der Waals surface area contributed by atoms with Crippen molar-refractivity contribution in [1.82, 2.24) is 19.7 Å². The molecular weight excluding hydrogens is 456 g/mol. The van der Waals surface area contributed by atoms with E-state index in [9.17, 15) is 4.79 Å². The monoisotopic (exact) mass is 476 g/mol. The maximum Gasteiger partial charge on any atom is 0.262 e. The van der Waals surface area contributed by atoms with Gasteiger partial charge in [0.15, 0.2) is 16.7 Å². The number of methoxy groups -OCH3 is 2. The highest BCUT2D eigenvalue weighted by atomic mass is 32.2. The van der Waals surface area contributed by atoms with E-state index in [1.54, 1.807) is 43.2 Å². The number of nitrogens with zero attached hydrogens (tertiary/aromatic N) is 4. The molecule has 2 aromatic carbocycles. The van der Waals surface area contributed by atoms with Crippen LogP contribution in [0.25, 0.3) is 22.3 Å². The molecular formula is C24H20N4O5S. The fourth-order valence-corrected chi connectivity index (χ4v) is 4.40. The SMILES string of the molecule is COc1cccc(-c2noc(CSc3nc4ccccc4c(=O)n3Cc3ccco3)n2)c1OC. The molecule has 0 aliphatic heterocycles. The van der Waals surface area contributed by atoms with E-state index in [4.69, 9.17) is 23.4 Å². The summed E-state index contributed by atoms with van der Waals surface area (Å²) in [7, 11) is 3.13. The Hall–Kier alpha value is -4.05. The number of fused-ring (bicyclic) bond motifs is 1. The van der Waals surface area contributed by atoms with Crippen molar-refractivity contribution in [3.63, 3.8) is 0 Å². The first-order valence-corrected chi connectivity index (χ1v) is 11.3. The molecule has 0 saturated heterocycles. The second-order valence-corrected chi connectivity index (χ2v) is 8.17. The molecule has 0 radical (unpaired) electrons. The summed E-state index contributed by atoms with van der Waals surface area (Å²) in [5, 5.41) is 5.17. The second kappa shape index (κ2) is 9.44. The molecule has 3 aromatic heterocycles. The lowest BCUT2D eigenvalue weighted by Gasteiger charge is -2.11. The van der Waals surface area contributed by atoms with Crippen molar-refractivity contribution >= 4 is 22.7 Å². The van der Waals surface area contributed by atoms with Gasteiger partial charge in [0, 0.05) is 0 Å². The van der Waals surface area contributed by atoms with Crippen LogP contribution in [0.2, 0.25) is 0 Å². The minimum absolute atomic E-state index is 0.142. The van der Waals surface area contributed by atoms with Gasteiger partial charge in [0.25, 0.3) is 5.56 Å². The van der Waals surface area contributed by atoms with Crippen molar-refractivity contribution in [2.75, 3.05) is 14.2 Å². The van der Waals surface area contributed by atoms with Crippen LogP contribution in [0.3, 0.4) is 0 Å². The average Bonchev–Trinajstić information content (AvgIpc) is 3.56. The number of para-hydroxylation sites is 2. The Bertz CT molecular complexity index is 1490. The first-order chi connectivity index (χ1) is 16.7. The summed E-state index contributed by atoms with van der Waals surface area (Å²) in [6.07, 6.45) is 1.58. The van der Waals surface area contributed by atoms with Gasteiger partial charge in [-0.15, -0.1) is 0 Å². The maximum absolute atomic E-state index is 13.2. The van der Waals surface area contributed by atoms with Gasteiger partial charge in [0.2, 0.25) is 11.7 Å². The number of hydrogen-bond acceptors (Lipinski definition) is 9. The number of hydrogen-bond donors (Lipinski definition) is 0. The Kier molecular flexibility index (Phi) is 6.05. The van der Waals surface area contributed by atoms with Gasteiger partial charge >= 0.3 is 0 Å². The van der Waals surface area contributed by atoms with E-state index < -0.39 is 0 Å². The molecule has 0 atom stereocenters. The highest BCUT2D eigenvalue weighted by Gasteiger charge is 2.18. The lowest BCUT2D eigenvalue weighted by atomic mass is 10.2. The maximum atomic E-state index is 13.2. The summed E-state index contributed by atoms with van der Waals surface area (Å²) in [6, 6.07) is 16.3. The number of thioether (sulfide) groups is 1. The molecule has 10 heteroatoms. The van der Waals surface area contributed by atoms with Gasteiger partial charge in [0.05, 0.1) is 49.2 Å². The quantitative estimate of drug-likeness (QED) is 0.238. The standard InChI is InChI=1S/C24H20N4O5S/c1-30-19-11-5-9-17(21(19)31-2)22-26-20(33-27-22)14-34-24-25-18-10-4-3-8-16(18)23(29)28(24)13-15-7-6-12-32-15/h3-12H,13-14H2,1-2H3. The van der Waals surface area contributed by atoms with E-state index in [1.807, 2.05) is 36.4 Å². The van der Waals surface area contributed by atoms with E-state index in [-0.39, 0.29) is 12.1 Å². The molecule has 9 nitrogen and oxygen atoms in total. The summed E-state index contributed by atoms with van der Waals surface area (Å²) in [5.74, 6) is 2.84. The van der Waals surface area contributed by atoms with Crippen LogP contribution >= 0.6 is 11.8 Å². The van der Waals surface area contributed by atoms with Gasteiger partial charge in [-0.2, -0.15) is 4.98 Å². The highest BCUT2D eigenvalue weighted by molar-refractivity contribution is 7.98. The number of benzene rings is 2. The molecule has 5 rings (SSSR count).